The van der Waals surface area contributed by atoms with Gasteiger partial charge in [0.1, 0.15) is 24.6 Å². The summed E-state index contributed by atoms with van der Waals surface area (Å²) in [6.45, 7) is 1.76. The van der Waals surface area contributed by atoms with Crippen molar-refractivity contribution in [2.75, 3.05) is 19.7 Å². The molecule has 0 aliphatic rings. The Morgan fingerprint density at radius 2 is 2.00 bits per heavy atom. The molecule has 0 aromatic heterocycles. The number of aryl methyl sites for hydroxylation is 1. The zero-order valence-electron chi connectivity index (χ0n) is 11.0. The molecule has 0 fully saturated rings. The molecule has 0 radical (unpaired) electrons. The summed E-state index contributed by atoms with van der Waals surface area (Å²) >= 11 is 3.35. The Morgan fingerprint density at radius 3 is 2.60 bits per heavy atom. The molecular weight excluding hydrogens is 336 g/mol. The van der Waals surface area contributed by atoms with E-state index in [1.165, 1.54) is 0 Å². The molecule has 4 nitrogen and oxygen atoms in total. The summed E-state index contributed by atoms with van der Waals surface area (Å²) in [7, 11) is 0. The molecule has 1 aromatic carbocycles. The minimum atomic E-state index is -2.79. The van der Waals surface area contributed by atoms with Crippen molar-refractivity contribution in [3.63, 3.8) is 0 Å². The summed E-state index contributed by atoms with van der Waals surface area (Å²) in [5.41, 5.74) is 1.08. The maximum absolute atomic E-state index is 12.0. The summed E-state index contributed by atoms with van der Waals surface area (Å²) in [6, 6.07) is 5.54. The Hall–Kier alpha value is -0.760. The number of rotatable bonds is 8. The number of aliphatic hydroxyl groups excluding tert-OH is 2. The molecule has 0 aliphatic heterocycles. The van der Waals surface area contributed by atoms with Crippen molar-refractivity contribution in [3.8, 4) is 5.75 Å². The summed E-state index contributed by atoms with van der Waals surface area (Å²) in [5.74, 6) is 0.599. The van der Waals surface area contributed by atoms with Crippen LogP contribution in [-0.4, -0.2) is 48.5 Å². The van der Waals surface area contributed by atoms with Gasteiger partial charge in [0.15, 0.2) is 0 Å². The first kappa shape index (κ1) is 17.3. The fourth-order valence-corrected chi connectivity index (χ4v) is 2.06. The second kappa shape index (κ2) is 8.51. The van der Waals surface area contributed by atoms with Gasteiger partial charge in [-0.05, 0) is 40.5 Å². The Bertz CT molecular complexity index is 421. The van der Waals surface area contributed by atoms with Gasteiger partial charge in [0.2, 0.25) is 0 Å². The maximum Gasteiger partial charge on any atom is 0.265 e. The lowest BCUT2D eigenvalue weighted by Gasteiger charge is -2.16. The van der Waals surface area contributed by atoms with Gasteiger partial charge in [-0.1, -0.05) is 6.07 Å². The summed E-state index contributed by atoms with van der Waals surface area (Å²) in [6.07, 6.45) is -5.37. The van der Waals surface area contributed by atoms with E-state index in [1.54, 1.807) is 6.07 Å². The van der Waals surface area contributed by atoms with Crippen LogP contribution in [0.25, 0.3) is 0 Å². The lowest BCUT2D eigenvalue weighted by atomic mass is 10.2. The summed E-state index contributed by atoms with van der Waals surface area (Å²) < 4.78 is 30.2. The molecule has 2 atom stereocenters. The Morgan fingerprint density at radius 1 is 1.30 bits per heavy atom. The van der Waals surface area contributed by atoms with Crippen LogP contribution in [0.5, 0.6) is 5.75 Å². The smallest absolute Gasteiger partial charge is 0.265 e. The predicted molar refractivity (Wildman–Crippen MR) is 75.3 cm³/mol. The fraction of sp³-hybridized carbons (Fsp3) is 0.538. The number of alkyl halides is 2. The van der Waals surface area contributed by atoms with Crippen molar-refractivity contribution in [2.24, 2.45) is 0 Å². The first-order valence-corrected chi connectivity index (χ1v) is 6.93. The molecule has 1 aromatic rings. The normalized spacial score (nSPS) is 14.3. The number of hydrogen-bond acceptors (Lipinski definition) is 4. The van der Waals surface area contributed by atoms with Crippen LogP contribution < -0.4 is 10.1 Å². The highest BCUT2D eigenvalue weighted by Crippen LogP contribution is 2.25. The molecule has 0 heterocycles. The fourth-order valence-electron chi connectivity index (χ4n) is 1.45. The van der Waals surface area contributed by atoms with Crippen molar-refractivity contribution in [3.05, 3.63) is 28.2 Å². The van der Waals surface area contributed by atoms with Gasteiger partial charge in [-0.2, -0.15) is 0 Å². The predicted octanol–water partition coefficient (Wildman–Crippen LogP) is 1.71. The average Bonchev–Trinajstić information content (AvgIpc) is 2.37. The van der Waals surface area contributed by atoms with E-state index in [1.807, 2.05) is 19.1 Å². The Labute approximate surface area is 124 Å². The van der Waals surface area contributed by atoms with Crippen LogP contribution in [0.2, 0.25) is 0 Å². The van der Waals surface area contributed by atoms with E-state index in [0.717, 1.165) is 10.0 Å². The molecule has 7 heteroatoms. The highest BCUT2D eigenvalue weighted by atomic mass is 79.9. The van der Waals surface area contributed by atoms with E-state index in [-0.39, 0.29) is 19.7 Å². The Kier molecular flexibility index (Phi) is 7.36. The second-order valence-electron chi connectivity index (χ2n) is 4.46. The number of aliphatic hydroxyl groups is 2. The van der Waals surface area contributed by atoms with E-state index in [0.29, 0.717) is 5.75 Å². The van der Waals surface area contributed by atoms with Gasteiger partial charge in [0, 0.05) is 13.1 Å². The largest absolute Gasteiger partial charge is 0.490 e. The first-order valence-electron chi connectivity index (χ1n) is 6.14. The van der Waals surface area contributed by atoms with Gasteiger partial charge >= 0.3 is 0 Å². The van der Waals surface area contributed by atoms with Crippen molar-refractivity contribution < 1.29 is 23.7 Å². The summed E-state index contributed by atoms with van der Waals surface area (Å²) in [5, 5.41) is 21.1. The van der Waals surface area contributed by atoms with Crippen LogP contribution >= 0.6 is 15.9 Å². The number of nitrogens with one attached hydrogen (secondary N) is 1. The van der Waals surface area contributed by atoms with Crippen LogP contribution in [-0.2, 0) is 0 Å². The van der Waals surface area contributed by atoms with Crippen molar-refractivity contribution in [2.45, 2.75) is 25.6 Å². The van der Waals surface area contributed by atoms with Crippen LogP contribution in [0, 0.1) is 6.92 Å². The zero-order valence-corrected chi connectivity index (χ0v) is 12.6. The van der Waals surface area contributed by atoms with Crippen molar-refractivity contribution in [1.82, 2.24) is 5.32 Å². The molecule has 114 valence electrons. The minimum Gasteiger partial charge on any atom is -0.490 e. The van der Waals surface area contributed by atoms with E-state index in [4.69, 9.17) is 9.84 Å². The number of hydrogen-bond donors (Lipinski definition) is 3. The van der Waals surface area contributed by atoms with Crippen LogP contribution in [0.3, 0.4) is 0 Å². The SMILES string of the molecule is Cc1ccc(OCC(O)CNCC(O)C(F)F)c(Br)c1. The molecule has 0 saturated heterocycles. The van der Waals surface area contributed by atoms with Gasteiger partial charge in [0.05, 0.1) is 4.47 Å². The third-order valence-electron chi connectivity index (χ3n) is 2.54. The minimum absolute atomic E-state index is 0.0272. The first-order chi connectivity index (χ1) is 9.40. The van der Waals surface area contributed by atoms with Crippen LogP contribution in [0.4, 0.5) is 8.78 Å². The van der Waals surface area contributed by atoms with Crippen molar-refractivity contribution in [1.29, 1.82) is 0 Å². The molecule has 20 heavy (non-hydrogen) atoms. The second-order valence-corrected chi connectivity index (χ2v) is 5.31. The zero-order chi connectivity index (χ0) is 15.1. The highest BCUT2D eigenvalue weighted by Gasteiger charge is 2.16. The van der Waals surface area contributed by atoms with Gasteiger partial charge in [-0.3, -0.25) is 0 Å². The third-order valence-corrected chi connectivity index (χ3v) is 3.16. The molecule has 3 N–H and O–H groups in total. The molecular formula is C13H18BrF2NO3. The average molecular weight is 354 g/mol. The van der Waals surface area contributed by atoms with Gasteiger partial charge in [0.25, 0.3) is 6.43 Å². The van der Waals surface area contributed by atoms with E-state index < -0.39 is 18.6 Å². The quantitative estimate of drug-likeness (QED) is 0.665. The van der Waals surface area contributed by atoms with E-state index in [2.05, 4.69) is 21.2 Å². The van der Waals surface area contributed by atoms with Gasteiger partial charge < -0.3 is 20.3 Å². The number of benzene rings is 1. The topological polar surface area (TPSA) is 61.7 Å². The lowest BCUT2D eigenvalue weighted by Crippen LogP contribution is -2.38. The maximum atomic E-state index is 12.0. The standard InChI is InChI=1S/C13H18BrF2NO3/c1-8-2-3-12(10(14)4-8)20-7-9(18)5-17-6-11(19)13(15)16/h2-4,9,11,13,17-19H,5-7H2,1H3. The van der Waals surface area contributed by atoms with Crippen LogP contribution in [0.1, 0.15) is 5.56 Å². The molecule has 0 aliphatic carbocycles. The van der Waals surface area contributed by atoms with E-state index >= 15 is 0 Å². The van der Waals surface area contributed by atoms with Crippen molar-refractivity contribution >= 4 is 15.9 Å². The number of halogens is 3. The monoisotopic (exact) mass is 353 g/mol. The third kappa shape index (κ3) is 6.13. The molecule has 0 bridgehead atoms. The highest BCUT2D eigenvalue weighted by molar-refractivity contribution is 9.10. The molecule has 2 unspecified atom stereocenters. The molecule has 0 amide bonds. The van der Waals surface area contributed by atoms with E-state index in [9.17, 15) is 13.9 Å². The lowest BCUT2D eigenvalue weighted by molar-refractivity contribution is -0.00530. The molecule has 0 saturated carbocycles. The van der Waals surface area contributed by atoms with Crippen LogP contribution in [0.15, 0.2) is 22.7 Å². The molecule has 0 spiro atoms. The molecule has 1 rings (SSSR count). The van der Waals surface area contributed by atoms with Gasteiger partial charge in [-0.25, -0.2) is 8.78 Å². The number of ether oxygens (including phenoxy) is 1. The summed E-state index contributed by atoms with van der Waals surface area (Å²) in [4.78, 5) is 0. The Balaban J connectivity index is 2.27. The van der Waals surface area contributed by atoms with Gasteiger partial charge in [-0.15, -0.1) is 0 Å².